The van der Waals surface area contributed by atoms with E-state index in [4.69, 9.17) is 0 Å². The first kappa shape index (κ1) is 16.1. The molecule has 2 rings (SSSR count). The lowest BCUT2D eigenvalue weighted by Gasteiger charge is -2.46. The number of nitrogens with zero attached hydrogens (tertiary/aromatic N) is 1. The molecule has 0 bridgehead atoms. The normalized spacial score (nSPS) is 22.4. The van der Waals surface area contributed by atoms with Crippen LogP contribution in [0, 0.1) is 5.82 Å². The van der Waals surface area contributed by atoms with Crippen LogP contribution in [0.1, 0.15) is 32.8 Å². The lowest BCUT2D eigenvalue weighted by molar-refractivity contribution is -0.137. The Bertz CT molecular complexity index is 511. The van der Waals surface area contributed by atoms with Crippen molar-refractivity contribution in [2.45, 2.75) is 44.9 Å². The Kier molecular flexibility index (Phi) is 4.19. The molecule has 118 valence electrons. The number of piperazine rings is 1. The zero-order chi connectivity index (χ0) is 15.8. The monoisotopic (exact) mass is 304 g/mol. The second-order valence-electron chi connectivity index (χ2n) is 6.12. The number of hydrogen-bond donors (Lipinski definition) is 1. The second kappa shape index (κ2) is 5.48. The van der Waals surface area contributed by atoms with Gasteiger partial charge in [0.25, 0.3) is 0 Å². The topological polar surface area (TPSA) is 15.3 Å². The van der Waals surface area contributed by atoms with E-state index in [0.29, 0.717) is 13.1 Å². The number of alkyl halides is 3. The summed E-state index contributed by atoms with van der Waals surface area (Å²) in [6, 6.07) is 2.59. The summed E-state index contributed by atoms with van der Waals surface area (Å²) in [7, 11) is 0. The van der Waals surface area contributed by atoms with Crippen LogP contribution in [0.2, 0.25) is 0 Å². The van der Waals surface area contributed by atoms with E-state index in [1.165, 1.54) is 0 Å². The van der Waals surface area contributed by atoms with E-state index < -0.39 is 17.6 Å². The van der Waals surface area contributed by atoms with E-state index in [9.17, 15) is 17.6 Å². The summed E-state index contributed by atoms with van der Waals surface area (Å²) in [6.45, 7) is 6.95. The summed E-state index contributed by atoms with van der Waals surface area (Å²) in [4.78, 5) is 1.75. The van der Waals surface area contributed by atoms with E-state index >= 15 is 0 Å². The maximum atomic E-state index is 14.1. The number of hydrogen-bond acceptors (Lipinski definition) is 2. The van der Waals surface area contributed by atoms with Crippen LogP contribution in [0.25, 0.3) is 0 Å². The van der Waals surface area contributed by atoms with Crippen LogP contribution < -0.4 is 10.2 Å². The van der Waals surface area contributed by atoms with E-state index in [-0.39, 0.29) is 17.3 Å². The van der Waals surface area contributed by atoms with Crippen LogP contribution in [0.3, 0.4) is 0 Å². The predicted molar refractivity (Wildman–Crippen MR) is 74.9 cm³/mol. The average molecular weight is 304 g/mol. The molecule has 1 saturated heterocycles. The van der Waals surface area contributed by atoms with Crippen LogP contribution in [-0.2, 0) is 6.18 Å². The average Bonchev–Trinajstić information content (AvgIpc) is 2.37. The first-order valence-electron chi connectivity index (χ1n) is 7.02. The fraction of sp³-hybridized carbons (Fsp3) is 0.600. The summed E-state index contributed by atoms with van der Waals surface area (Å²) < 4.78 is 52.6. The Hall–Kier alpha value is -1.30. The molecule has 1 heterocycles. The highest BCUT2D eigenvalue weighted by Crippen LogP contribution is 2.35. The molecule has 1 atom stereocenters. The van der Waals surface area contributed by atoms with Gasteiger partial charge in [-0.1, -0.05) is 6.92 Å². The second-order valence-corrected chi connectivity index (χ2v) is 6.12. The molecule has 1 aromatic rings. The Labute approximate surface area is 122 Å². The predicted octanol–water partition coefficient (Wildman–Crippen LogP) is 3.81. The van der Waals surface area contributed by atoms with Gasteiger partial charge >= 0.3 is 6.18 Å². The van der Waals surface area contributed by atoms with Crippen molar-refractivity contribution in [3.8, 4) is 0 Å². The van der Waals surface area contributed by atoms with Crippen LogP contribution in [0.5, 0.6) is 0 Å². The standard InChI is InChI=1S/C15H20F4N2/c1-4-11-8-20-14(2,3)9-21(11)13-7-10(15(17,18)19)5-6-12(13)16/h5-7,11,20H,4,8-9H2,1-3H3. The van der Waals surface area contributed by atoms with Gasteiger partial charge in [0.2, 0.25) is 0 Å². The zero-order valence-electron chi connectivity index (χ0n) is 12.4. The highest BCUT2D eigenvalue weighted by molar-refractivity contribution is 5.52. The molecule has 1 fully saturated rings. The van der Waals surface area contributed by atoms with Crippen LogP contribution in [0.15, 0.2) is 18.2 Å². The van der Waals surface area contributed by atoms with E-state index in [2.05, 4.69) is 5.32 Å². The molecule has 1 unspecified atom stereocenters. The van der Waals surface area contributed by atoms with Crippen LogP contribution >= 0.6 is 0 Å². The molecule has 2 nitrogen and oxygen atoms in total. The van der Waals surface area contributed by atoms with Crippen molar-refractivity contribution in [2.24, 2.45) is 0 Å². The molecule has 0 aromatic heterocycles. The molecule has 0 spiro atoms. The van der Waals surface area contributed by atoms with Crippen molar-refractivity contribution < 1.29 is 17.6 Å². The van der Waals surface area contributed by atoms with Crippen molar-refractivity contribution >= 4 is 5.69 Å². The maximum Gasteiger partial charge on any atom is 0.416 e. The summed E-state index contributed by atoms with van der Waals surface area (Å²) in [6.07, 6.45) is -3.73. The highest BCUT2D eigenvalue weighted by Gasteiger charge is 2.35. The van der Waals surface area contributed by atoms with Crippen LogP contribution in [0.4, 0.5) is 23.2 Å². The third-order valence-electron chi connectivity index (χ3n) is 3.88. The van der Waals surface area contributed by atoms with Crippen molar-refractivity contribution in [3.63, 3.8) is 0 Å². The third-order valence-corrected chi connectivity index (χ3v) is 3.88. The summed E-state index contributed by atoms with van der Waals surface area (Å²) in [5.74, 6) is -0.612. The number of nitrogens with one attached hydrogen (secondary N) is 1. The molecule has 21 heavy (non-hydrogen) atoms. The van der Waals surface area contributed by atoms with Gasteiger partial charge in [0.05, 0.1) is 11.3 Å². The molecule has 1 aliphatic rings. The van der Waals surface area contributed by atoms with Gasteiger partial charge < -0.3 is 10.2 Å². The fourth-order valence-corrected chi connectivity index (χ4v) is 2.67. The zero-order valence-corrected chi connectivity index (χ0v) is 12.4. The minimum Gasteiger partial charge on any atom is -0.363 e. The van der Waals surface area contributed by atoms with Crippen LogP contribution in [-0.4, -0.2) is 24.7 Å². The van der Waals surface area contributed by atoms with Gasteiger partial charge in [0.15, 0.2) is 0 Å². The third kappa shape index (κ3) is 3.48. The summed E-state index contributed by atoms with van der Waals surface area (Å²) in [5.41, 5.74) is -1.05. The van der Waals surface area contributed by atoms with Crippen molar-refractivity contribution in [1.29, 1.82) is 0 Å². The number of rotatable bonds is 2. The minimum absolute atomic E-state index is 0.0176. The first-order valence-corrected chi connectivity index (χ1v) is 7.02. The molecule has 1 aromatic carbocycles. The molecular formula is C15H20F4N2. The van der Waals surface area contributed by atoms with E-state index in [1.54, 1.807) is 4.90 Å². The van der Waals surface area contributed by atoms with E-state index in [1.807, 2.05) is 20.8 Å². The Morgan fingerprint density at radius 3 is 2.57 bits per heavy atom. The van der Waals surface area contributed by atoms with Gasteiger partial charge in [0, 0.05) is 24.7 Å². The SMILES string of the molecule is CCC1CNC(C)(C)CN1c1cc(C(F)(F)F)ccc1F. The Morgan fingerprint density at radius 2 is 2.00 bits per heavy atom. The largest absolute Gasteiger partial charge is 0.416 e. The first-order chi connectivity index (χ1) is 9.64. The number of benzene rings is 1. The Balaban J connectivity index is 2.42. The molecule has 0 amide bonds. The van der Waals surface area contributed by atoms with Gasteiger partial charge in [-0.3, -0.25) is 0 Å². The van der Waals surface area contributed by atoms with Gasteiger partial charge in [0.1, 0.15) is 5.82 Å². The van der Waals surface area contributed by atoms with Gasteiger partial charge in [-0.05, 0) is 38.5 Å². The molecule has 0 radical (unpaired) electrons. The van der Waals surface area contributed by atoms with E-state index in [0.717, 1.165) is 24.6 Å². The minimum atomic E-state index is -4.46. The molecule has 0 aliphatic carbocycles. The number of halogens is 4. The molecule has 1 aliphatic heterocycles. The Morgan fingerprint density at radius 1 is 1.33 bits per heavy atom. The molecule has 6 heteroatoms. The fourth-order valence-electron chi connectivity index (χ4n) is 2.67. The molecular weight excluding hydrogens is 284 g/mol. The quantitative estimate of drug-likeness (QED) is 0.836. The smallest absolute Gasteiger partial charge is 0.363 e. The van der Waals surface area contributed by atoms with Gasteiger partial charge in [-0.2, -0.15) is 13.2 Å². The van der Waals surface area contributed by atoms with Gasteiger partial charge in [-0.15, -0.1) is 0 Å². The summed E-state index contributed by atoms with van der Waals surface area (Å²) >= 11 is 0. The number of anilines is 1. The van der Waals surface area contributed by atoms with Crippen molar-refractivity contribution in [2.75, 3.05) is 18.0 Å². The summed E-state index contributed by atoms with van der Waals surface area (Å²) in [5, 5.41) is 3.34. The van der Waals surface area contributed by atoms with Crippen molar-refractivity contribution in [3.05, 3.63) is 29.6 Å². The lowest BCUT2D eigenvalue weighted by atomic mass is 9.96. The van der Waals surface area contributed by atoms with Crippen molar-refractivity contribution in [1.82, 2.24) is 5.32 Å². The highest BCUT2D eigenvalue weighted by atomic mass is 19.4. The van der Waals surface area contributed by atoms with Gasteiger partial charge in [-0.25, -0.2) is 4.39 Å². The molecule has 0 saturated carbocycles. The molecule has 1 N–H and O–H groups in total. The maximum absolute atomic E-state index is 14.1. The lowest BCUT2D eigenvalue weighted by Crippen LogP contribution is -2.61.